The lowest BCUT2D eigenvalue weighted by Gasteiger charge is -2.35. The number of nitrogens with one attached hydrogen (secondary N) is 1. The summed E-state index contributed by atoms with van der Waals surface area (Å²) in [6.07, 6.45) is -1.04. The lowest BCUT2D eigenvalue weighted by Crippen LogP contribution is -2.53. The molecule has 1 aliphatic rings. The number of benzene rings is 4. The summed E-state index contributed by atoms with van der Waals surface area (Å²) in [6, 6.07) is 25.4. The molecule has 0 unspecified atom stereocenters. The fourth-order valence-corrected chi connectivity index (χ4v) is 6.85. The van der Waals surface area contributed by atoms with Crippen molar-refractivity contribution >= 4 is 44.8 Å². The summed E-state index contributed by atoms with van der Waals surface area (Å²) in [5.41, 5.74) is 2.13. The molecule has 1 heterocycles. The minimum atomic E-state index is -4.39. The highest BCUT2D eigenvalue weighted by Gasteiger charge is 2.37. The molecule has 1 atom stereocenters. The van der Waals surface area contributed by atoms with Crippen LogP contribution in [0.15, 0.2) is 95.9 Å². The van der Waals surface area contributed by atoms with Crippen LogP contribution in [0, 0.1) is 6.92 Å². The van der Waals surface area contributed by atoms with E-state index >= 15 is 0 Å². The second kappa shape index (κ2) is 13.5. The highest BCUT2D eigenvalue weighted by Crippen LogP contribution is 2.37. The van der Waals surface area contributed by atoms with Crippen molar-refractivity contribution in [3.8, 4) is 17.2 Å². The number of aryl methyl sites for hydroxylation is 1. The summed E-state index contributed by atoms with van der Waals surface area (Å²) < 4.78 is 46.2. The van der Waals surface area contributed by atoms with E-state index in [1.807, 2.05) is 30.3 Å². The van der Waals surface area contributed by atoms with Gasteiger partial charge in [-0.25, -0.2) is 8.42 Å². The van der Waals surface area contributed by atoms with Crippen LogP contribution < -0.4 is 28.7 Å². The Morgan fingerprint density at radius 2 is 1.64 bits per heavy atom. The summed E-state index contributed by atoms with van der Waals surface area (Å²) in [6.45, 7) is 1.28. The molecule has 2 amide bonds. The number of hydrogen-bond donors (Lipinski definition) is 1. The summed E-state index contributed by atoms with van der Waals surface area (Å²) >= 11 is 6.41. The van der Waals surface area contributed by atoms with Gasteiger partial charge in [-0.3, -0.25) is 13.9 Å². The third-order valence-electron chi connectivity index (χ3n) is 7.27. The lowest BCUT2D eigenvalue weighted by atomic mass is 10.1. The van der Waals surface area contributed by atoms with Crippen LogP contribution >= 0.6 is 11.6 Å². The maximum Gasteiger partial charge on any atom is 0.268 e. The Balaban J connectivity index is 1.49. The molecule has 0 aliphatic carbocycles. The van der Waals surface area contributed by atoms with Crippen LogP contribution in [0.1, 0.15) is 11.1 Å². The minimum absolute atomic E-state index is 0.115. The molecule has 10 nitrogen and oxygen atoms in total. The van der Waals surface area contributed by atoms with Gasteiger partial charge in [0.05, 0.1) is 37.2 Å². The van der Waals surface area contributed by atoms with Crippen LogP contribution in [0.3, 0.4) is 0 Å². The zero-order valence-corrected chi connectivity index (χ0v) is 26.5. The largest absolute Gasteiger partial charge is 0.495 e. The van der Waals surface area contributed by atoms with E-state index in [9.17, 15) is 18.0 Å². The molecule has 234 valence electrons. The molecule has 0 spiro atoms. The van der Waals surface area contributed by atoms with Gasteiger partial charge in [0.25, 0.3) is 15.9 Å². The van der Waals surface area contributed by atoms with E-state index in [1.165, 1.54) is 43.4 Å². The normalized spacial score (nSPS) is 14.1. The fourth-order valence-electron chi connectivity index (χ4n) is 4.94. The number of fused-ring (bicyclic) bond motifs is 1. The first-order valence-corrected chi connectivity index (χ1v) is 15.8. The van der Waals surface area contributed by atoms with E-state index in [1.54, 1.807) is 43.3 Å². The molecule has 4 aromatic rings. The van der Waals surface area contributed by atoms with Gasteiger partial charge in [-0.1, -0.05) is 60.1 Å². The predicted octanol–water partition coefficient (Wildman–Crippen LogP) is 4.97. The molecule has 1 N–H and O–H groups in total. The Morgan fingerprint density at radius 1 is 0.956 bits per heavy atom. The van der Waals surface area contributed by atoms with Crippen LogP contribution in [0.2, 0.25) is 5.02 Å². The second-order valence-corrected chi connectivity index (χ2v) is 12.5. The monoisotopic (exact) mass is 649 g/mol. The third kappa shape index (κ3) is 6.84. The molecule has 4 aromatic carbocycles. The Hall–Kier alpha value is -4.74. The van der Waals surface area contributed by atoms with Crippen molar-refractivity contribution in [1.82, 2.24) is 5.32 Å². The average molecular weight is 650 g/mol. The fraction of sp³-hybridized carbons (Fsp3) is 0.212. The number of halogens is 1. The van der Waals surface area contributed by atoms with Crippen molar-refractivity contribution in [2.75, 3.05) is 36.5 Å². The molecule has 0 bridgehead atoms. The van der Waals surface area contributed by atoms with Gasteiger partial charge in [0.2, 0.25) is 5.91 Å². The number of nitrogens with zero attached hydrogens (tertiary/aromatic N) is 2. The van der Waals surface area contributed by atoms with Gasteiger partial charge in [-0.15, -0.1) is 0 Å². The molecule has 12 heteroatoms. The van der Waals surface area contributed by atoms with Gasteiger partial charge in [0.15, 0.2) is 6.10 Å². The Labute approximate surface area is 267 Å². The molecule has 0 aromatic heterocycles. The zero-order valence-electron chi connectivity index (χ0n) is 24.9. The van der Waals surface area contributed by atoms with Crippen molar-refractivity contribution in [2.24, 2.45) is 0 Å². The summed E-state index contributed by atoms with van der Waals surface area (Å²) in [5, 5.41) is 3.02. The number of anilines is 2. The van der Waals surface area contributed by atoms with E-state index in [4.69, 9.17) is 25.8 Å². The molecule has 0 radical (unpaired) electrons. The summed E-state index contributed by atoms with van der Waals surface area (Å²) in [7, 11) is -1.57. The van der Waals surface area contributed by atoms with Crippen LogP contribution in [-0.2, 0) is 26.2 Å². The number of rotatable bonds is 10. The van der Waals surface area contributed by atoms with Crippen LogP contribution in [0.4, 0.5) is 11.4 Å². The first-order valence-electron chi connectivity index (χ1n) is 14.0. The number of amides is 2. The Kier molecular flexibility index (Phi) is 9.50. The molecule has 5 rings (SSSR count). The predicted molar refractivity (Wildman–Crippen MR) is 172 cm³/mol. The molecule has 0 saturated heterocycles. The van der Waals surface area contributed by atoms with E-state index < -0.39 is 34.5 Å². The standard InChI is InChI=1S/C33H32ClN3O7S/c1-22-13-15-29(43-3)31(17-22)45(40,41)37(24-14-16-27(42-2)25(34)18-24)21-32(38)36-20-30(44-28-12-8-7-11-26(28)36)33(39)35-19-23-9-5-4-6-10-23/h4-18,30H,19-21H2,1-3H3,(H,35,39)/t30-/m0/s1. The highest BCUT2D eigenvalue weighted by atomic mass is 35.5. The molecule has 0 fully saturated rings. The Bertz CT molecular complexity index is 1820. The SMILES string of the molecule is COc1ccc(N(CC(=O)N2C[C@@H](C(=O)NCc3ccccc3)Oc3ccccc32)S(=O)(=O)c2cc(C)ccc2OC)cc1Cl. The topological polar surface area (TPSA) is 114 Å². The molecular formula is C33H32ClN3O7S. The van der Waals surface area contributed by atoms with E-state index in [2.05, 4.69) is 5.32 Å². The molecule has 0 saturated carbocycles. The van der Waals surface area contributed by atoms with Gasteiger partial charge in [0.1, 0.15) is 28.7 Å². The number of sulfonamides is 1. The zero-order chi connectivity index (χ0) is 32.1. The van der Waals surface area contributed by atoms with E-state index in [0.29, 0.717) is 22.7 Å². The lowest BCUT2D eigenvalue weighted by molar-refractivity contribution is -0.128. The molecule has 1 aliphatic heterocycles. The molecule has 45 heavy (non-hydrogen) atoms. The molecular weight excluding hydrogens is 618 g/mol. The quantitative estimate of drug-likeness (QED) is 0.258. The number of hydrogen-bond acceptors (Lipinski definition) is 7. The minimum Gasteiger partial charge on any atom is -0.495 e. The van der Waals surface area contributed by atoms with Crippen LogP contribution in [0.5, 0.6) is 17.2 Å². The van der Waals surface area contributed by atoms with E-state index in [-0.39, 0.29) is 34.4 Å². The van der Waals surface area contributed by atoms with E-state index in [0.717, 1.165) is 9.87 Å². The Morgan fingerprint density at radius 3 is 2.36 bits per heavy atom. The number of para-hydroxylation sites is 2. The number of carbonyl (C=O) groups excluding carboxylic acids is 2. The number of methoxy groups -OCH3 is 2. The van der Waals surface area contributed by atoms with Gasteiger partial charge in [-0.2, -0.15) is 0 Å². The third-order valence-corrected chi connectivity index (χ3v) is 9.36. The van der Waals surface area contributed by atoms with Crippen molar-refractivity contribution < 1.29 is 32.2 Å². The van der Waals surface area contributed by atoms with Gasteiger partial charge in [-0.05, 0) is 60.5 Å². The highest BCUT2D eigenvalue weighted by molar-refractivity contribution is 7.93. The van der Waals surface area contributed by atoms with Gasteiger partial charge < -0.3 is 24.4 Å². The van der Waals surface area contributed by atoms with Crippen molar-refractivity contribution in [1.29, 1.82) is 0 Å². The van der Waals surface area contributed by atoms with Crippen LogP contribution in [0.25, 0.3) is 0 Å². The summed E-state index contributed by atoms with van der Waals surface area (Å²) in [4.78, 5) is 28.6. The first kappa shape index (κ1) is 31.7. The van der Waals surface area contributed by atoms with Crippen molar-refractivity contribution in [3.63, 3.8) is 0 Å². The maximum absolute atomic E-state index is 14.3. The van der Waals surface area contributed by atoms with Gasteiger partial charge in [0, 0.05) is 6.54 Å². The van der Waals surface area contributed by atoms with Crippen molar-refractivity contribution in [2.45, 2.75) is 24.5 Å². The second-order valence-electron chi connectivity index (χ2n) is 10.3. The average Bonchev–Trinajstić information content (AvgIpc) is 3.05. The van der Waals surface area contributed by atoms with Crippen molar-refractivity contribution in [3.05, 3.63) is 107 Å². The smallest absolute Gasteiger partial charge is 0.268 e. The van der Waals surface area contributed by atoms with Gasteiger partial charge >= 0.3 is 0 Å². The maximum atomic E-state index is 14.3. The first-order chi connectivity index (χ1) is 21.6. The number of ether oxygens (including phenoxy) is 3. The van der Waals surface area contributed by atoms with Crippen LogP contribution in [-0.4, -0.2) is 53.6 Å². The number of carbonyl (C=O) groups is 2. The summed E-state index contributed by atoms with van der Waals surface area (Å²) in [5.74, 6) is -0.233.